The summed E-state index contributed by atoms with van der Waals surface area (Å²) in [5.74, 6) is -0.707. The minimum absolute atomic E-state index is 0.103. The van der Waals surface area contributed by atoms with Gasteiger partial charge in [-0.25, -0.2) is 9.97 Å². The van der Waals surface area contributed by atoms with E-state index in [1.165, 1.54) is 6.07 Å². The number of carbonyl (C=O) groups excluding carboxylic acids is 1. The third-order valence-electron chi connectivity index (χ3n) is 2.44. The quantitative estimate of drug-likeness (QED) is 0.862. The number of nitrogens with zero attached hydrogens (tertiary/aromatic N) is 2. The Kier molecular flexibility index (Phi) is 4.12. The zero-order valence-corrected chi connectivity index (χ0v) is 11.9. The van der Waals surface area contributed by atoms with Gasteiger partial charge in [-0.15, -0.1) is 0 Å². The van der Waals surface area contributed by atoms with Crippen molar-refractivity contribution in [2.24, 2.45) is 0 Å². The molecule has 0 saturated carbocycles. The van der Waals surface area contributed by atoms with Crippen molar-refractivity contribution in [2.45, 2.75) is 6.18 Å². The molecule has 0 unspecified atom stereocenters. The third kappa shape index (κ3) is 3.69. The second kappa shape index (κ2) is 5.68. The van der Waals surface area contributed by atoms with E-state index in [9.17, 15) is 18.0 Å². The van der Waals surface area contributed by atoms with Crippen LogP contribution in [0.2, 0.25) is 0 Å². The number of hydrogen-bond acceptors (Lipinski definition) is 4. The Hall–Kier alpha value is -2.16. The fourth-order valence-corrected chi connectivity index (χ4v) is 1.86. The van der Waals surface area contributed by atoms with Crippen molar-refractivity contribution in [3.63, 3.8) is 0 Å². The van der Waals surface area contributed by atoms with Crippen molar-refractivity contribution in [3.05, 3.63) is 46.3 Å². The van der Waals surface area contributed by atoms with Crippen molar-refractivity contribution < 1.29 is 18.0 Å². The van der Waals surface area contributed by atoms with Crippen molar-refractivity contribution >= 4 is 33.3 Å². The summed E-state index contributed by atoms with van der Waals surface area (Å²) < 4.78 is 39.0. The van der Waals surface area contributed by atoms with Gasteiger partial charge in [0.2, 0.25) is 0 Å². The normalized spacial score (nSPS) is 11.2. The van der Waals surface area contributed by atoms with Gasteiger partial charge >= 0.3 is 6.18 Å². The van der Waals surface area contributed by atoms with Gasteiger partial charge < -0.3 is 11.1 Å². The Morgan fingerprint density at radius 2 is 1.95 bits per heavy atom. The first-order valence-corrected chi connectivity index (χ1v) is 6.32. The lowest BCUT2D eigenvalue weighted by Gasteiger charge is -2.14. The molecule has 1 aromatic heterocycles. The molecule has 1 amide bonds. The fraction of sp³-hybridized carbons (Fsp3) is 0.0833. The second-order valence-corrected chi connectivity index (χ2v) is 4.88. The third-order valence-corrected chi connectivity index (χ3v) is 2.93. The van der Waals surface area contributed by atoms with Crippen LogP contribution in [0, 0.1) is 0 Å². The molecule has 9 heteroatoms. The molecule has 0 aliphatic heterocycles. The second-order valence-electron chi connectivity index (χ2n) is 3.97. The van der Waals surface area contributed by atoms with Gasteiger partial charge in [-0.2, -0.15) is 13.2 Å². The van der Waals surface area contributed by atoms with E-state index in [0.29, 0.717) is 0 Å². The molecule has 1 heterocycles. The first-order chi connectivity index (χ1) is 9.77. The number of halogens is 4. The van der Waals surface area contributed by atoms with Gasteiger partial charge in [-0.3, -0.25) is 4.79 Å². The fourth-order valence-electron chi connectivity index (χ4n) is 1.50. The number of nitrogens with two attached hydrogens (primary N) is 1. The van der Waals surface area contributed by atoms with E-state index in [1.807, 2.05) is 0 Å². The summed E-state index contributed by atoms with van der Waals surface area (Å²) in [5.41, 5.74) is 3.85. The van der Waals surface area contributed by atoms with Crippen LogP contribution in [0.1, 0.15) is 16.1 Å². The lowest BCUT2D eigenvalue weighted by molar-refractivity contribution is -0.136. The highest BCUT2D eigenvalue weighted by Gasteiger charge is 2.34. The molecule has 0 atom stereocenters. The van der Waals surface area contributed by atoms with E-state index in [1.54, 1.807) is 0 Å². The Morgan fingerprint density at radius 1 is 1.24 bits per heavy atom. The van der Waals surface area contributed by atoms with E-state index in [2.05, 4.69) is 31.2 Å². The predicted molar refractivity (Wildman–Crippen MR) is 73.5 cm³/mol. The van der Waals surface area contributed by atoms with Crippen LogP contribution in [0.3, 0.4) is 0 Å². The number of anilines is 2. The molecule has 3 N–H and O–H groups in total. The summed E-state index contributed by atoms with van der Waals surface area (Å²) in [7, 11) is 0. The van der Waals surface area contributed by atoms with Crippen molar-refractivity contribution in [3.8, 4) is 0 Å². The van der Waals surface area contributed by atoms with E-state index in [4.69, 9.17) is 5.73 Å². The Labute approximate surface area is 125 Å². The molecule has 0 radical (unpaired) electrons. The number of hydrogen-bond donors (Lipinski definition) is 2. The van der Waals surface area contributed by atoms with Crippen molar-refractivity contribution in [1.29, 1.82) is 0 Å². The lowest BCUT2D eigenvalue weighted by atomic mass is 10.1. The number of alkyl halides is 3. The van der Waals surface area contributed by atoms with Crippen LogP contribution in [0.15, 0.2) is 35.1 Å². The lowest BCUT2D eigenvalue weighted by Crippen LogP contribution is -2.18. The minimum atomic E-state index is -4.60. The summed E-state index contributed by atoms with van der Waals surface area (Å²) in [5, 5.41) is 2.16. The van der Waals surface area contributed by atoms with Crippen LogP contribution >= 0.6 is 15.9 Å². The molecule has 2 aromatic rings. The molecule has 0 fully saturated rings. The zero-order chi connectivity index (χ0) is 15.6. The SMILES string of the molecule is Nc1cnc(C(=O)Nc2ccc(Br)cc2C(F)(F)F)cn1. The molecule has 0 spiro atoms. The summed E-state index contributed by atoms with van der Waals surface area (Å²) in [6.07, 6.45) is -2.38. The van der Waals surface area contributed by atoms with Gasteiger partial charge in [0.15, 0.2) is 0 Å². The van der Waals surface area contributed by atoms with Gasteiger partial charge in [-0.05, 0) is 18.2 Å². The number of amides is 1. The highest BCUT2D eigenvalue weighted by Crippen LogP contribution is 2.36. The molecular weight excluding hydrogens is 353 g/mol. The highest BCUT2D eigenvalue weighted by molar-refractivity contribution is 9.10. The number of nitrogen functional groups attached to an aromatic ring is 1. The largest absolute Gasteiger partial charge is 0.418 e. The zero-order valence-electron chi connectivity index (χ0n) is 10.3. The maximum atomic E-state index is 12.9. The van der Waals surface area contributed by atoms with E-state index >= 15 is 0 Å². The number of benzene rings is 1. The molecule has 0 bridgehead atoms. The predicted octanol–water partition coefficient (Wildman–Crippen LogP) is 3.09. The molecule has 0 saturated heterocycles. The van der Waals surface area contributed by atoms with Crippen molar-refractivity contribution in [2.75, 3.05) is 11.1 Å². The molecule has 0 aliphatic rings. The minimum Gasteiger partial charge on any atom is -0.382 e. The van der Waals surface area contributed by atoms with Gasteiger partial charge in [0.1, 0.15) is 11.5 Å². The Bertz CT molecular complexity index is 673. The number of aromatic nitrogens is 2. The van der Waals surface area contributed by atoms with Crippen LogP contribution in [-0.4, -0.2) is 15.9 Å². The van der Waals surface area contributed by atoms with Crippen molar-refractivity contribution in [1.82, 2.24) is 9.97 Å². The summed E-state index contributed by atoms with van der Waals surface area (Å²) in [6, 6.07) is 3.42. The molecule has 1 aromatic carbocycles. The van der Waals surface area contributed by atoms with Crippen LogP contribution in [0.25, 0.3) is 0 Å². The average molecular weight is 361 g/mol. The van der Waals surface area contributed by atoms with Crippen LogP contribution < -0.4 is 11.1 Å². The van der Waals surface area contributed by atoms with Crippen LogP contribution in [0.4, 0.5) is 24.7 Å². The Balaban J connectivity index is 2.31. The molecule has 5 nitrogen and oxygen atoms in total. The molecule has 21 heavy (non-hydrogen) atoms. The van der Waals surface area contributed by atoms with E-state index in [-0.39, 0.29) is 21.7 Å². The van der Waals surface area contributed by atoms with Gasteiger partial charge in [0, 0.05) is 4.47 Å². The van der Waals surface area contributed by atoms with Gasteiger partial charge in [0.25, 0.3) is 5.91 Å². The standard InChI is InChI=1S/C12H8BrF3N4O/c13-6-1-2-8(7(3-6)12(14,15)16)20-11(21)9-4-19-10(17)5-18-9/h1-5H,(H2,17,19)(H,20,21). The highest BCUT2D eigenvalue weighted by atomic mass is 79.9. The summed E-state index contributed by atoms with van der Waals surface area (Å²) >= 11 is 2.96. The van der Waals surface area contributed by atoms with Crippen LogP contribution in [-0.2, 0) is 6.18 Å². The molecule has 2 rings (SSSR count). The Morgan fingerprint density at radius 3 is 2.52 bits per heavy atom. The van der Waals surface area contributed by atoms with E-state index in [0.717, 1.165) is 24.5 Å². The first-order valence-electron chi connectivity index (χ1n) is 5.53. The van der Waals surface area contributed by atoms with E-state index < -0.39 is 17.6 Å². The molecule has 0 aliphatic carbocycles. The number of carbonyl (C=O) groups is 1. The molecular formula is C12H8BrF3N4O. The van der Waals surface area contributed by atoms with Crippen LogP contribution in [0.5, 0.6) is 0 Å². The maximum Gasteiger partial charge on any atom is 0.418 e. The smallest absolute Gasteiger partial charge is 0.382 e. The van der Waals surface area contributed by atoms with Gasteiger partial charge in [-0.1, -0.05) is 15.9 Å². The number of rotatable bonds is 2. The monoisotopic (exact) mass is 360 g/mol. The maximum absolute atomic E-state index is 12.9. The molecule has 110 valence electrons. The first kappa shape index (κ1) is 15.2. The average Bonchev–Trinajstić information content (AvgIpc) is 2.40. The van der Waals surface area contributed by atoms with Gasteiger partial charge in [0.05, 0.1) is 23.6 Å². The summed E-state index contributed by atoms with van der Waals surface area (Å²) in [4.78, 5) is 19.2. The number of nitrogens with one attached hydrogen (secondary N) is 1. The topological polar surface area (TPSA) is 80.9 Å². The summed E-state index contributed by atoms with van der Waals surface area (Å²) in [6.45, 7) is 0.